The lowest BCUT2D eigenvalue weighted by molar-refractivity contribution is 0.313. The molecule has 1 aromatic heterocycles. The lowest BCUT2D eigenvalue weighted by Crippen LogP contribution is -2.44. The van der Waals surface area contributed by atoms with Crippen LogP contribution in [-0.2, 0) is 10.0 Å². The van der Waals surface area contributed by atoms with Crippen LogP contribution in [0, 0.1) is 0 Å². The average molecular weight is 390 g/mol. The van der Waals surface area contributed by atoms with E-state index in [1.54, 1.807) is 12.1 Å². The molecule has 0 atom stereocenters. The number of anilines is 4. The van der Waals surface area contributed by atoms with Crippen LogP contribution in [-0.4, -0.2) is 57.3 Å². The van der Waals surface area contributed by atoms with E-state index in [9.17, 15) is 8.42 Å². The van der Waals surface area contributed by atoms with Crippen LogP contribution in [0.5, 0.6) is 0 Å². The molecule has 0 spiro atoms. The van der Waals surface area contributed by atoms with Gasteiger partial charge in [0.05, 0.1) is 17.6 Å². The van der Waals surface area contributed by atoms with Crippen LogP contribution in [0.3, 0.4) is 0 Å². The van der Waals surface area contributed by atoms with Crippen molar-refractivity contribution in [1.29, 1.82) is 0 Å². The smallest absolute Gasteiger partial charge is 0.232 e. The second-order valence-corrected chi connectivity index (χ2v) is 8.66. The van der Waals surface area contributed by atoms with Gasteiger partial charge in [0, 0.05) is 37.6 Å². The summed E-state index contributed by atoms with van der Waals surface area (Å²) in [5.41, 5.74) is 2.64. The van der Waals surface area contributed by atoms with Crippen molar-refractivity contribution in [3.05, 3.63) is 42.6 Å². The monoisotopic (exact) mass is 389 g/mol. The highest BCUT2D eigenvalue weighted by atomic mass is 32.2. The van der Waals surface area contributed by atoms with Gasteiger partial charge in [0.15, 0.2) is 0 Å². The van der Waals surface area contributed by atoms with Crippen molar-refractivity contribution in [2.45, 2.75) is 13.3 Å². The van der Waals surface area contributed by atoms with Crippen molar-refractivity contribution in [1.82, 2.24) is 9.88 Å². The fourth-order valence-electron chi connectivity index (χ4n) is 3.00. The molecule has 146 valence electrons. The number of rotatable bonds is 7. The molecule has 27 heavy (non-hydrogen) atoms. The van der Waals surface area contributed by atoms with Crippen LogP contribution >= 0.6 is 0 Å². The molecular formula is C19H27N5O2S. The number of nitrogens with one attached hydrogen (secondary N) is 2. The Labute approximate surface area is 161 Å². The highest BCUT2D eigenvalue weighted by Gasteiger charge is 2.14. The highest BCUT2D eigenvalue weighted by Crippen LogP contribution is 2.22. The van der Waals surface area contributed by atoms with Crippen molar-refractivity contribution in [2.75, 3.05) is 53.9 Å². The molecule has 1 aliphatic heterocycles. The molecule has 2 heterocycles. The topological polar surface area (TPSA) is 77.6 Å². The molecule has 7 nitrogen and oxygen atoms in total. The van der Waals surface area contributed by atoms with E-state index >= 15 is 0 Å². The van der Waals surface area contributed by atoms with Crippen molar-refractivity contribution < 1.29 is 8.42 Å². The van der Waals surface area contributed by atoms with E-state index in [2.05, 4.69) is 44.0 Å². The third-order valence-corrected chi connectivity index (χ3v) is 6.01. The molecule has 0 saturated carbocycles. The third-order valence-electron chi connectivity index (χ3n) is 4.52. The Kier molecular flexibility index (Phi) is 6.18. The summed E-state index contributed by atoms with van der Waals surface area (Å²) in [5, 5.41) is 3.24. The van der Waals surface area contributed by atoms with E-state index in [0.29, 0.717) is 17.9 Å². The van der Waals surface area contributed by atoms with E-state index in [1.807, 2.05) is 19.1 Å². The van der Waals surface area contributed by atoms with Gasteiger partial charge in [-0.15, -0.1) is 0 Å². The molecular weight excluding hydrogens is 362 g/mol. The first-order valence-corrected chi connectivity index (χ1v) is 10.9. The molecule has 1 saturated heterocycles. The van der Waals surface area contributed by atoms with Gasteiger partial charge in [0.25, 0.3) is 0 Å². The molecule has 0 bridgehead atoms. The van der Waals surface area contributed by atoms with Crippen molar-refractivity contribution in [3.63, 3.8) is 0 Å². The highest BCUT2D eigenvalue weighted by molar-refractivity contribution is 7.92. The van der Waals surface area contributed by atoms with E-state index in [1.165, 1.54) is 11.9 Å². The number of benzene rings is 1. The minimum atomic E-state index is -3.29. The van der Waals surface area contributed by atoms with Gasteiger partial charge in [-0.25, -0.2) is 13.4 Å². The predicted octanol–water partition coefficient (Wildman–Crippen LogP) is 2.73. The zero-order valence-corrected chi connectivity index (χ0v) is 16.7. The quantitative estimate of drug-likeness (QED) is 0.758. The normalized spacial score (nSPS) is 15.6. The van der Waals surface area contributed by atoms with Gasteiger partial charge in [-0.2, -0.15) is 0 Å². The lowest BCUT2D eigenvalue weighted by Gasteiger charge is -2.34. The summed E-state index contributed by atoms with van der Waals surface area (Å²) in [6, 6.07) is 11.8. The number of hydrogen-bond donors (Lipinski definition) is 2. The fourth-order valence-corrected chi connectivity index (χ4v) is 4.11. The summed E-state index contributed by atoms with van der Waals surface area (Å²) in [7, 11) is -1.14. The standard InChI is InChI=1S/C19H27N5O2S/c1-3-14-27(25,26)22-17-6-9-19(20-15-17)21-16-4-7-18(8-5-16)24-12-10-23(2)11-13-24/h4-9,15,22H,3,10-14H2,1-2H3,(H,20,21). The summed E-state index contributed by atoms with van der Waals surface area (Å²) in [4.78, 5) is 9.01. The fraction of sp³-hybridized carbons (Fsp3) is 0.421. The first-order chi connectivity index (χ1) is 12.9. The Hall–Kier alpha value is -2.32. The Bertz CT molecular complexity index is 829. The molecule has 0 aliphatic carbocycles. The van der Waals surface area contributed by atoms with Gasteiger partial charge in [-0.05, 0) is 49.9 Å². The van der Waals surface area contributed by atoms with Gasteiger partial charge in [0.1, 0.15) is 5.82 Å². The summed E-state index contributed by atoms with van der Waals surface area (Å²) in [5.74, 6) is 0.771. The molecule has 8 heteroatoms. The van der Waals surface area contributed by atoms with Crippen LogP contribution < -0.4 is 14.9 Å². The minimum Gasteiger partial charge on any atom is -0.369 e. The van der Waals surface area contributed by atoms with E-state index < -0.39 is 10.0 Å². The van der Waals surface area contributed by atoms with Crippen LogP contribution in [0.4, 0.5) is 22.9 Å². The molecule has 0 radical (unpaired) electrons. The van der Waals surface area contributed by atoms with Gasteiger partial charge in [-0.1, -0.05) is 6.92 Å². The maximum absolute atomic E-state index is 11.8. The predicted molar refractivity (Wildman–Crippen MR) is 111 cm³/mol. The number of pyridine rings is 1. The molecule has 1 aliphatic rings. The summed E-state index contributed by atoms with van der Waals surface area (Å²) >= 11 is 0. The van der Waals surface area contributed by atoms with Crippen LogP contribution in [0.15, 0.2) is 42.6 Å². The molecule has 1 aromatic carbocycles. The van der Waals surface area contributed by atoms with E-state index in [0.717, 1.165) is 31.9 Å². The zero-order valence-electron chi connectivity index (χ0n) is 15.9. The maximum atomic E-state index is 11.8. The summed E-state index contributed by atoms with van der Waals surface area (Å²) < 4.78 is 26.1. The first-order valence-electron chi connectivity index (χ1n) is 9.22. The molecule has 0 unspecified atom stereocenters. The number of likely N-dealkylation sites (N-methyl/N-ethyl adjacent to an activating group) is 1. The number of piperazine rings is 1. The summed E-state index contributed by atoms with van der Waals surface area (Å²) in [6.45, 7) is 6.08. The SMILES string of the molecule is CCCS(=O)(=O)Nc1ccc(Nc2ccc(N3CCN(C)CC3)cc2)nc1. The number of nitrogens with zero attached hydrogens (tertiary/aromatic N) is 3. The average Bonchev–Trinajstić information content (AvgIpc) is 2.64. The van der Waals surface area contributed by atoms with Crippen LogP contribution in [0.1, 0.15) is 13.3 Å². The first kappa shape index (κ1) is 19.4. The number of sulfonamides is 1. The van der Waals surface area contributed by atoms with Crippen LogP contribution in [0.2, 0.25) is 0 Å². The van der Waals surface area contributed by atoms with Gasteiger partial charge < -0.3 is 15.1 Å². The number of aromatic nitrogens is 1. The summed E-state index contributed by atoms with van der Waals surface area (Å²) in [6.07, 6.45) is 2.10. The minimum absolute atomic E-state index is 0.104. The van der Waals surface area contributed by atoms with Crippen molar-refractivity contribution >= 4 is 32.9 Å². The van der Waals surface area contributed by atoms with E-state index in [4.69, 9.17) is 0 Å². The second kappa shape index (κ2) is 8.58. The van der Waals surface area contributed by atoms with Gasteiger partial charge in [-0.3, -0.25) is 4.72 Å². The van der Waals surface area contributed by atoms with Crippen molar-refractivity contribution in [2.24, 2.45) is 0 Å². The Morgan fingerprint density at radius 2 is 1.67 bits per heavy atom. The molecule has 2 aromatic rings. The second-order valence-electron chi connectivity index (χ2n) is 6.82. The molecule has 1 fully saturated rings. The number of hydrogen-bond acceptors (Lipinski definition) is 6. The molecule has 2 N–H and O–H groups in total. The zero-order chi connectivity index (χ0) is 19.3. The maximum Gasteiger partial charge on any atom is 0.232 e. The lowest BCUT2D eigenvalue weighted by atomic mass is 10.2. The Morgan fingerprint density at radius 3 is 2.26 bits per heavy atom. The molecule has 0 amide bonds. The Balaban J connectivity index is 1.59. The molecule has 3 rings (SSSR count). The third kappa shape index (κ3) is 5.58. The van der Waals surface area contributed by atoms with Gasteiger partial charge in [0.2, 0.25) is 10.0 Å². The van der Waals surface area contributed by atoms with Crippen LogP contribution in [0.25, 0.3) is 0 Å². The Morgan fingerprint density at radius 1 is 1.00 bits per heavy atom. The van der Waals surface area contributed by atoms with E-state index in [-0.39, 0.29) is 5.75 Å². The largest absolute Gasteiger partial charge is 0.369 e. The van der Waals surface area contributed by atoms with Crippen molar-refractivity contribution in [3.8, 4) is 0 Å². The van der Waals surface area contributed by atoms with Gasteiger partial charge >= 0.3 is 0 Å².